The first-order chi connectivity index (χ1) is 13.9. The standard InChI is InChI=1S/C20H24N2O3S.C3H8/c1-4-22-19(13-16-9-12-18(25-5-2)14-20(16)22)15-7-10-17(11-8-15)21-26(23,24)6-3;1-3-2/h7-14,21H,4-6H2,1-3H3;3H2,1-2H3. The molecule has 0 atom stereocenters. The Morgan fingerprint density at radius 1 is 0.931 bits per heavy atom. The summed E-state index contributed by atoms with van der Waals surface area (Å²) in [5.41, 5.74) is 3.85. The van der Waals surface area contributed by atoms with E-state index in [4.69, 9.17) is 4.74 Å². The lowest BCUT2D eigenvalue weighted by Gasteiger charge is -2.10. The van der Waals surface area contributed by atoms with Crippen LogP contribution in [0, 0.1) is 0 Å². The Balaban J connectivity index is 0.000000941. The smallest absolute Gasteiger partial charge is 0.232 e. The molecule has 0 aliphatic carbocycles. The number of hydrogen-bond donors (Lipinski definition) is 1. The molecular weight excluding hydrogens is 384 g/mol. The van der Waals surface area contributed by atoms with E-state index in [0.29, 0.717) is 12.3 Å². The maximum absolute atomic E-state index is 11.7. The summed E-state index contributed by atoms with van der Waals surface area (Å²) in [5.74, 6) is 0.921. The van der Waals surface area contributed by atoms with E-state index in [0.717, 1.165) is 34.5 Å². The lowest BCUT2D eigenvalue weighted by Crippen LogP contribution is -2.14. The molecule has 0 aliphatic rings. The molecule has 158 valence electrons. The van der Waals surface area contributed by atoms with Crippen LogP contribution in [0.15, 0.2) is 48.5 Å². The molecule has 0 unspecified atom stereocenters. The minimum Gasteiger partial charge on any atom is -0.494 e. The van der Waals surface area contributed by atoms with Crippen LogP contribution in [0.25, 0.3) is 22.2 Å². The zero-order valence-electron chi connectivity index (χ0n) is 18.0. The molecule has 2 aromatic carbocycles. The summed E-state index contributed by atoms with van der Waals surface area (Å²) in [6.07, 6.45) is 1.25. The first-order valence-corrected chi connectivity index (χ1v) is 11.9. The van der Waals surface area contributed by atoms with Crippen LogP contribution in [0.1, 0.15) is 41.0 Å². The molecule has 0 saturated carbocycles. The van der Waals surface area contributed by atoms with E-state index in [2.05, 4.69) is 48.3 Å². The van der Waals surface area contributed by atoms with Crippen LogP contribution in [-0.4, -0.2) is 25.3 Å². The lowest BCUT2D eigenvalue weighted by molar-refractivity contribution is 0.340. The van der Waals surface area contributed by atoms with Crippen molar-refractivity contribution in [2.24, 2.45) is 0 Å². The van der Waals surface area contributed by atoms with Crippen molar-refractivity contribution < 1.29 is 13.2 Å². The monoisotopic (exact) mass is 416 g/mol. The van der Waals surface area contributed by atoms with Gasteiger partial charge in [0.25, 0.3) is 0 Å². The van der Waals surface area contributed by atoms with Crippen LogP contribution in [0.5, 0.6) is 5.75 Å². The Morgan fingerprint density at radius 3 is 2.14 bits per heavy atom. The van der Waals surface area contributed by atoms with Crippen LogP contribution >= 0.6 is 0 Å². The van der Waals surface area contributed by atoms with Gasteiger partial charge in [-0.2, -0.15) is 0 Å². The molecule has 0 saturated heterocycles. The van der Waals surface area contributed by atoms with Gasteiger partial charge in [0.05, 0.1) is 17.9 Å². The summed E-state index contributed by atoms with van der Waals surface area (Å²) in [6.45, 7) is 11.4. The van der Waals surface area contributed by atoms with Crippen molar-refractivity contribution in [2.45, 2.75) is 47.6 Å². The zero-order chi connectivity index (χ0) is 21.4. The Bertz CT molecular complexity index is 1020. The normalized spacial score (nSPS) is 11.1. The van der Waals surface area contributed by atoms with Gasteiger partial charge in [-0.05, 0) is 56.7 Å². The average Bonchev–Trinajstić information content (AvgIpc) is 3.07. The molecule has 0 spiro atoms. The summed E-state index contributed by atoms with van der Waals surface area (Å²) < 4.78 is 33.8. The summed E-state index contributed by atoms with van der Waals surface area (Å²) in [5, 5.41) is 1.15. The molecule has 0 radical (unpaired) electrons. The second-order valence-electron chi connectivity index (χ2n) is 6.72. The molecule has 0 aliphatic heterocycles. The second kappa shape index (κ2) is 10.3. The van der Waals surface area contributed by atoms with Gasteiger partial charge in [0.2, 0.25) is 10.0 Å². The van der Waals surface area contributed by atoms with Crippen molar-refractivity contribution in [2.75, 3.05) is 17.1 Å². The third-order valence-electron chi connectivity index (χ3n) is 4.34. The molecule has 1 N–H and O–H groups in total. The molecule has 0 amide bonds. The fraction of sp³-hybridized carbons (Fsp3) is 0.391. The Labute approximate surface area is 174 Å². The van der Waals surface area contributed by atoms with Crippen LogP contribution in [0.4, 0.5) is 5.69 Å². The van der Waals surface area contributed by atoms with Gasteiger partial charge >= 0.3 is 0 Å². The van der Waals surface area contributed by atoms with Crippen molar-refractivity contribution >= 4 is 26.6 Å². The molecular formula is C23H32N2O3S. The van der Waals surface area contributed by atoms with Gasteiger partial charge in [-0.15, -0.1) is 0 Å². The Kier molecular flexibility index (Phi) is 8.14. The summed E-state index contributed by atoms with van der Waals surface area (Å²) in [4.78, 5) is 0. The van der Waals surface area contributed by atoms with Gasteiger partial charge in [-0.3, -0.25) is 4.72 Å². The number of aromatic nitrogens is 1. The van der Waals surface area contributed by atoms with Gasteiger partial charge in [0, 0.05) is 29.4 Å². The molecule has 1 aromatic heterocycles. The number of hydrogen-bond acceptors (Lipinski definition) is 3. The van der Waals surface area contributed by atoms with Crippen molar-refractivity contribution in [3.8, 4) is 17.0 Å². The van der Waals surface area contributed by atoms with Crippen molar-refractivity contribution in [1.82, 2.24) is 4.57 Å². The summed E-state index contributed by atoms with van der Waals surface area (Å²) in [6, 6.07) is 15.7. The first kappa shape index (κ1) is 22.8. The number of nitrogens with zero attached hydrogens (tertiary/aromatic N) is 1. The number of fused-ring (bicyclic) bond motifs is 1. The van der Waals surface area contributed by atoms with E-state index in [-0.39, 0.29) is 5.75 Å². The van der Waals surface area contributed by atoms with Crippen molar-refractivity contribution in [3.63, 3.8) is 0 Å². The number of ether oxygens (including phenoxy) is 1. The number of anilines is 1. The van der Waals surface area contributed by atoms with Crippen LogP contribution < -0.4 is 9.46 Å². The molecule has 1 heterocycles. The van der Waals surface area contributed by atoms with Crippen LogP contribution in [0.3, 0.4) is 0 Å². The third kappa shape index (κ3) is 5.76. The van der Waals surface area contributed by atoms with Gasteiger partial charge in [-0.25, -0.2) is 8.42 Å². The maximum Gasteiger partial charge on any atom is 0.232 e. The molecule has 3 aromatic rings. The number of nitrogens with one attached hydrogen (secondary N) is 1. The highest BCUT2D eigenvalue weighted by molar-refractivity contribution is 7.92. The highest BCUT2D eigenvalue weighted by Crippen LogP contribution is 2.31. The number of sulfonamides is 1. The van der Waals surface area contributed by atoms with Crippen LogP contribution in [0.2, 0.25) is 0 Å². The lowest BCUT2D eigenvalue weighted by atomic mass is 10.1. The van der Waals surface area contributed by atoms with E-state index in [1.54, 1.807) is 19.1 Å². The fourth-order valence-corrected chi connectivity index (χ4v) is 3.67. The van der Waals surface area contributed by atoms with Gasteiger partial charge in [0.15, 0.2) is 0 Å². The fourth-order valence-electron chi connectivity index (χ4n) is 3.03. The SMILES string of the molecule is CCC.CCOc1ccc2cc(-c3ccc(NS(=O)(=O)CC)cc3)n(CC)c2c1. The molecule has 3 rings (SSSR count). The van der Waals surface area contributed by atoms with E-state index >= 15 is 0 Å². The quantitative estimate of drug-likeness (QED) is 0.521. The molecule has 0 fully saturated rings. The minimum absolute atomic E-state index is 0.0565. The average molecular weight is 417 g/mol. The van der Waals surface area contributed by atoms with E-state index in [1.165, 1.54) is 6.42 Å². The Hall–Kier alpha value is -2.47. The van der Waals surface area contributed by atoms with Crippen molar-refractivity contribution in [3.05, 3.63) is 48.5 Å². The summed E-state index contributed by atoms with van der Waals surface area (Å²) in [7, 11) is -3.26. The highest BCUT2D eigenvalue weighted by Gasteiger charge is 2.12. The predicted molar refractivity (Wildman–Crippen MR) is 123 cm³/mol. The van der Waals surface area contributed by atoms with Gasteiger partial charge in [-0.1, -0.05) is 32.4 Å². The minimum atomic E-state index is -3.26. The third-order valence-corrected chi connectivity index (χ3v) is 5.64. The maximum atomic E-state index is 11.7. The number of benzene rings is 2. The predicted octanol–water partition coefficient (Wildman–Crippen LogP) is 5.90. The first-order valence-electron chi connectivity index (χ1n) is 10.3. The highest BCUT2D eigenvalue weighted by atomic mass is 32.2. The van der Waals surface area contributed by atoms with Gasteiger partial charge in [0.1, 0.15) is 5.75 Å². The largest absolute Gasteiger partial charge is 0.494 e. The second-order valence-corrected chi connectivity index (χ2v) is 8.73. The summed E-state index contributed by atoms with van der Waals surface area (Å²) >= 11 is 0. The number of aryl methyl sites for hydroxylation is 1. The van der Waals surface area contributed by atoms with E-state index < -0.39 is 10.0 Å². The van der Waals surface area contributed by atoms with Crippen molar-refractivity contribution in [1.29, 1.82) is 0 Å². The Morgan fingerprint density at radius 2 is 1.59 bits per heavy atom. The molecule has 0 bridgehead atoms. The zero-order valence-corrected chi connectivity index (χ0v) is 18.8. The topological polar surface area (TPSA) is 60.3 Å². The molecule has 6 heteroatoms. The molecule has 29 heavy (non-hydrogen) atoms. The van der Waals surface area contributed by atoms with E-state index in [1.807, 2.05) is 25.1 Å². The number of rotatable bonds is 7. The van der Waals surface area contributed by atoms with Gasteiger partial charge < -0.3 is 9.30 Å². The van der Waals surface area contributed by atoms with Crippen LogP contribution in [-0.2, 0) is 16.6 Å². The molecule has 5 nitrogen and oxygen atoms in total. The van der Waals surface area contributed by atoms with E-state index in [9.17, 15) is 8.42 Å².